The maximum atomic E-state index is 6.00. The number of anilines is 1. The number of nitrogens with zero attached hydrogens (tertiary/aromatic N) is 1. The fourth-order valence-corrected chi connectivity index (χ4v) is 2.58. The molecule has 0 saturated carbocycles. The van der Waals surface area contributed by atoms with E-state index in [2.05, 4.69) is 24.8 Å². The van der Waals surface area contributed by atoms with Crippen LogP contribution in [0, 0.1) is 0 Å². The van der Waals surface area contributed by atoms with Crippen LogP contribution in [0.4, 0.5) is 5.69 Å². The summed E-state index contributed by atoms with van der Waals surface area (Å²) in [5.74, 6) is 0. The van der Waals surface area contributed by atoms with Crippen molar-refractivity contribution in [2.75, 3.05) is 11.4 Å². The molecule has 3 heteroatoms. The quantitative estimate of drug-likeness (QED) is 0.795. The standard InChI is InChI=1S/C12H17ClN2/c1-12(2)7-10(14)8-15(12)11-5-3-4-9(13)6-11/h3-6,10H,7-8,14H2,1-2H3. The van der Waals surface area contributed by atoms with Gasteiger partial charge in [0, 0.05) is 28.8 Å². The molecule has 0 bridgehead atoms. The first-order valence-corrected chi connectivity index (χ1v) is 5.66. The molecule has 0 amide bonds. The summed E-state index contributed by atoms with van der Waals surface area (Å²) in [6.45, 7) is 5.36. The van der Waals surface area contributed by atoms with Gasteiger partial charge in [0.2, 0.25) is 0 Å². The average molecular weight is 225 g/mol. The Bertz CT molecular complexity index is 362. The predicted octanol–water partition coefficient (Wildman–Crippen LogP) is 2.66. The van der Waals surface area contributed by atoms with Gasteiger partial charge < -0.3 is 10.6 Å². The summed E-state index contributed by atoms with van der Waals surface area (Å²) in [4.78, 5) is 2.34. The molecule has 15 heavy (non-hydrogen) atoms. The first-order chi connectivity index (χ1) is 6.99. The van der Waals surface area contributed by atoms with E-state index in [4.69, 9.17) is 17.3 Å². The number of hydrogen-bond acceptors (Lipinski definition) is 2. The molecule has 1 heterocycles. The Morgan fingerprint density at radius 1 is 1.47 bits per heavy atom. The Morgan fingerprint density at radius 2 is 2.20 bits per heavy atom. The van der Waals surface area contributed by atoms with Crippen LogP contribution in [0.3, 0.4) is 0 Å². The van der Waals surface area contributed by atoms with Crippen molar-refractivity contribution in [2.45, 2.75) is 31.8 Å². The lowest BCUT2D eigenvalue weighted by Gasteiger charge is -2.33. The highest BCUT2D eigenvalue weighted by Crippen LogP contribution is 2.33. The van der Waals surface area contributed by atoms with Crippen LogP contribution < -0.4 is 10.6 Å². The van der Waals surface area contributed by atoms with Crippen LogP contribution in [-0.2, 0) is 0 Å². The monoisotopic (exact) mass is 224 g/mol. The van der Waals surface area contributed by atoms with Gasteiger partial charge in [-0.2, -0.15) is 0 Å². The van der Waals surface area contributed by atoms with Crippen LogP contribution in [0.25, 0.3) is 0 Å². The summed E-state index contributed by atoms with van der Waals surface area (Å²) < 4.78 is 0. The lowest BCUT2D eigenvalue weighted by Crippen LogP contribution is -2.38. The van der Waals surface area contributed by atoms with Gasteiger partial charge in [0.1, 0.15) is 0 Å². The molecule has 1 unspecified atom stereocenters. The average Bonchev–Trinajstić information content (AvgIpc) is 2.39. The molecule has 2 rings (SSSR count). The van der Waals surface area contributed by atoms with Crippen molar-refractivity contribution in [3.63, 3.8) is 0 Å². The van der Waals surface area contributed by atoms with Gasteiger partial charge in [-0.1, -0.05) is 17.7 Å². The largest absolute Gasteiger partial charge is 0.365 e. The number of benzene rings is 1. The maximum Gasteiger partial charge on any atom is 0.0426 e. The lowest BCUT2D eigenvalue weighted by molar-refractivity contribution is 0.506. The molecule has 0 aromatic heterocycles. The molecule has 1 aliphatic heterocycles. The SMILES string of the molecule is CC1(C)CC(N)CN1c1cccc(Cl)c1. The van der Waals surface area contributed by atoms with Gasteiger partial charge in [-0.25, -0.2) is 0 Å². The molecule has 1 aromatic rings. The zero-order valence-corrected chi connectivity index (χ0v) is 9.96. The van der Waals surface area contributed by atoms with Gasteiger partial charge in [-0.3, -0.25) is 0 Å². The molecule has 82 valence electrons. The van der Waals surface area contributed by atoms with E-state index in [0.717, 1.165) is 18.0 Å². The third-order valence-electron chi connectivity index (χ3n) is 3.03. The molecule has 2 nitrogen and oxygen atoms in total. The van der Waals surface area contributed by atoms with Gasteiger partial charge in [0.15, 0.2) is 0 Å². The molecule has 0 radical (unpaired) electrons. The zero-order valence-electron chi connectivity index (χ0n) is 9.20. The molecule has 1 saturated heterocycles. The van der Waals surface area contributed by atoms with Crippen LogP contribution in [-0.4, -0.2) is 18.1 Å². The van der Waals surface area contributed by atoms with Crippen molar-refractivity contribution in [1.82, 2.24) is 0 Å². The Hall–Kier alpha value is -0.730. The first kappa shape index (κ1) is 10.8. The molecule has 1 atom stereocenters. The number of rotatable bonds is 1. The van der Waals surface area contributed by atoms with E-state index in [1.165, 1.54) is 5.69 Å². The van der Waals surface area contributed by atoms with E-state index in [0.29, 0.717) is 0 Å². The summed E-state index contributed by atoms with van der Waals surface area (Å²) in [6.07, 6.45) is 1.03. The Morgan fingerprint density at radius 3 is 2.73 bits per heavy atom. The number of halogens is 1. The van der Waals surface area contributed by atoms with Gasteiger partial charge in [0.05, 0.1) is 0 Å². The summed E-state index contributed by atoms with van der Waals surface area (Å²) >= 11 is 5.99. The second-order valence-electron chi connectivity index (χ2n) is 4.87. The minimum Gasteiger partial charge on any atom is -0.365 e. The highest BCUT2D eigenvalue weighted by atomic mass is 35.5. The van der Waals surface area contributed by atoms with Crippen molar-refractivity contribution in [2.24, 2.45) is 5.73 Å². The molecule has 0 spiro atoms. The predicted molar refractivity (Wildman–Crippen MR) is 65.5 cm³/mol. The smallest absolute Gasteiger partial charge is 0.0426 e. The fraction of sp³-hybridized carbons (Fsp3) is 0.500. The van der Waals surface area contributed by atoms with E-state index in [1.54, 1.807) is 0 Å². The molecule has 1 aliphatic rings. The minimum atomic E-state index is 0.129. The van der Waals surface area contributed by atoms with Crippen molar-refractivity contribution < 1.29 is 0 Å². The van der Waals surface area contributed by atoms with E-state index in [1.807, 2.05) is 18.2 Å². The van der Waals surface area contributed by atoms with Crippen molar-refractivity contribution in [3.05, 3.63) is 29.3 Å². The fourth-order valence-electron chi connectivity index (χ4n) is 2.40. The molecular weight excluding hydrogens is 208 g/mol. The van der Waals surface area contributed by atoms with Crippen molar-refractivity contribution in [3.8, 4) is 0 Å². The summed E-state index contributed by atoms with van der Waals surface area (Å²) in [5, 5.41) is 0.781. The Kier molecular flexibility index (Phi) is 2.65. The molecule has 2 N–H and O–H groups in total. The van der Waals surface area contributed by atoms with Crippen LogP contribution in [0.2, 0.25) is 5.02 Å². The third kappa shape index (κ3) is 2.11. The first-order valence-electron chi connectivity index (χ1n) is 5.28. The van der Waals surface area contributed by atoms with Gasteiger partial charge in [-0.05, 0) is 38.5 Å². The van der Waals surface area contributed by atoms with Gasteiger partial charge in [0.25, 0.3) is 0 Å². The number of nitrogens with two attached hydrogens (primary N) is 1. The van der Waals surface area contributed by atoms with Crippen LogP contribution in [0.1, 0.15) is 20.3 Å². The molecule has 0 aliphatic carbocycles. The molecule has 1 fully saturated rings. The Balaban J connectivity index is 2.31. The van der Waals surface area contributed by atoms with Gasteiger partial charge in [-0.15, -0.1) is 0 Å². The maximum absolute atomic E-state index is 6.00. The van der Waals surface area contributed by atoms with E-state index in [-0.39, 0.29) is 11.6 Å². The summed E-state index contributed by atoms with van der Waals surface area (Å²) in [6, 6.07) is 8.23. The zero-order chi connectivity index (χ0) is 11.1. The second-order valence-corrected chi connectivity index (χ2v) is 5.30. The van der Waals surface area contributed by atoms with Crippen LogP contribution in [0.15, 0.2) is 24.3 Å². The lowest BCUT2D eigenvalue weighted by atomic mass is 10.0. The topological polar surface area (TPSA) is 29.3 Å². The van der Waals surface area contributed by atoms with Crippen molar-refractivity contribution in [1.29, 1.82) is 0 Å². The highest BCUT2D eigenvalue weighted by molar-refractivity contribution is 6.30. The van der Waals surface area contributed by atoms with Crippen molar-refractivity contribution >= 4 is 17.3 Å². The summed E-state index contributed by atoms with van der Waals surface area (Å²) in [5.41, 5.74) is 7.30. The second kappa shape index (κ2) is 3.69. The van der Waals surface area contributed by atoms with E-state index >= 15 is 0 Å². The van der Waals surface area contributed by atoms with Crippen LogP contribution in [0.5, 0.6) is 0 Å². The van der Waals surface area contributed by atoms with E-state index in [9.17, 15) is 0 Å². The van der Waals surface area contributed by atoms with Gasteiger partial charge >= 0.3 is 0 Å². The Labute approximate surface area is 96.0 Å². The molecule has 1 aromatic carbocycles. The number of hydrogen-bond donors (Lipinski definition) is 1. The highest BCUT2D eigenvalue weighted by Gasteiger charge is 2.36. The molecular formula is C12H17ClN2. The minimum absolute atomic E-state index is 0.129. The normalized spacial score (nSPS) is 24.5. The van der Waals surface area contributed by atoms with E-state index < -0.39 is 0 Å². The third-order valence-corrected chi connectivity index (χ3v) is 3.26. The summed E-state index contributed by atoms with van der Waals surface area (Å²) in [7, 11) is 0. The van der Waals surface area contributed by atoms with Crippen LogP contribution >= 0.6 is 11.6 Å².